The highest BCUT2D eigenvalue weighted by molar-refractivity contribution is 5.69. The Morgan fingerprint density at radius 1 is 1.11 bits per heavy atom. The van der Waals surface area contributed by atoms with E-state index in [2.05, 4.69) is 20.6 Å². The van der Waals surface area contributed by atoms with Crippen molar-refractivity contribution in [1.29, 1.82) is 0 Å². The maximum Gasteiger partial charge on any atom is 0.329 e. The van der Waals surface area contributed by atoms with Crippen molar-refractivity contribution < 1.29 is 0 Å². The van der Waals surface area contributed by atoms with Gasteiger partial charge in [-0.05, 0) is 0 Å². The largest absolute Gasteiger partial charge is 0.329 e. The number of aromatic amines is 1. The first-order valence-electron chi connectivity index (χ1n) is 6.13. The van der Waals surface area contributed by atoms with Gasteiger partial charge in [0.1, 0.15) is 0 Å². The van der Waals surface area contributed by atoms with E-state index in [1.54, 1.807) is 18.7 Å². The molecule has 0 amide bonds. The zero-order valence-corrected chi connectivity index (χ0v) is 11.1. The average Bonchev–Trinajstić information content (AvgIpc) is 2.82. The van der Waals surface area contributed by atoms with Crippen LogP contribution in [0.25, 0.3) is 11.2 Å². The number of piperazine rings is 1. The third-order valence-corrected chi connectivity index (χ3v) is 2.93. The Bertz CT molecular complexity index is 652. The summed E-state index contributed by atoms with van der Waals surface area (Å²) in [6.07, 6.45) is 1.50. The zero-order valence-electron chi connectivity index (χ0n) is 11.1. The van der Waals surface area contributed by atoms with E-state index in [9.17, 15) is 9.59 Å². The molecule has 1 fully saturated rings. The van der Waals surface area contributed by atoms with Crippen molar-refractivity contribution in [1.82, 2.24) is 29.7 Å². The molecular weight excluding hydrogens is 248 g/mol. The molecule has 2 aromatic heterocycles. The Hall–Kier alpha value is -1.93. The summed E-state index contributed by atoms with van der Waals surface area (Å²) < 4.78 is 2.88. The third-order valence-electron chi connectivity index (χ3n) is 2.93. The number of aryl methyl sites for hydroxylation is 2. The second-order valence-corrected chi connectivity index (χ2v) is 4.35. The highest BCUT2D eigenvalue weighted by Gasteiger charge is 2.08. The molecule has 0 spiro atoms. The number of rotatable bonds is 0. The summed E-state index contributed by atoms with van der Waals surface area (Å²) in [5.74, 6) is 0. The molecule has 3 rings (SSSR count). The molecular formula is C11H18N6O2. The van der Waals surface area contributed by atoms with Crippen molar-refractivity contribution in [3.8, 4) is 0 Å². The Labute approximate surface area is 109 Å². The van der Waals surface area contributed by atoms with E-state index < -0.39 is 11.2 Å². The van der Waals surface area contributed by atoms with Crippen LogP contribution in [0, 0.1) is 0 Å². The van der Waals surface area contributed by atoms with Gasteiger partial charge in [-0.1, -0.05) is 0 Å². The summed E-state index contributed by atoms with van der Waals surface area (Å²) >= 11 is 0. The zero-order chi connectivity index (χ0) is 13.8. The molecule has 1 aliphatic heterocycles. The molecule has 0 radical (unpaired) electrons. The molecule has 19 heavy (non-hydrogen) atoms. The lowest BCUT2D eigenvalue weighted by molar-refractivity contribution is 0.534. The maximum absolute atomic E-state index is 11.3. The van der Waals surface area contributed by atoms with Crippen LogP contribution in [-0.4, -0.2) is 45.3 Å². The molecule has 1 aliphatic rings. The number of H-pyrrole nitrogens is 1. The second-order valence-electron chi connectivity index (χ2n) is 4.35. The summed E-state index contributed by atoms with van der Waals surface area (Å²) in [6, 6.07) is 0. The van der Waals surface area contributed by atoms with Crippen LogP contribution in [0.1, 0.15) is 0 Å². The molecule has 2 aromatic rings. The van der Waals surface area contributed by atoms with Crippen LogP contribution in [-0.2, 0) is 14.1 Å². The molecule has 0 saturated carbocycles. The van der Waals surface area contributed by atoms with Crippen LogP contribution >= 0.6 is 0 Å². The summed E-state index contributed by atoms with van der Waals surface area (Å²) in [5, 5.41) is 6.44. The first-order valence-corrected chi connectivity index (χ1v) is 6.13. The van der Waals surface area contributed by atoms with Gasteiger partial charge in [-0.25, -0.2) is 9.78 Å². The molecule has 1 saturated heterocycles. The highest BCUT2D eigenvalue weighted by Crippen LogP contribution is 2.00. The number of nitrogens with zero attached hydrogens (tertiary/aromatic N) is 3. The molecule has 3 N–H and O–H groups in total. The van der Waals surface area contributed by atoms with Gasteiger partial charge >= 0.3 is 5.69 Å². The fourth-order valence-corrected chi connectivity index (χ4v) is 1.86. The standard InChI is InChI=1S/C7H8N4O2.C4H10N2/c1-10-3-8-5-4(10)6(12)9-7(13)11(5)2;1-2-6-4-3-5-1/h3H,1-2H3,(H,9,12,13);5-6H,1-4H2. The Morgan fingerprint density at radius 2 is 1.68 bits per heavy atom. The smallest absolute Gasteiger partial charge is 0.328 e. The fraction of sp³-hybridized carbons (Fsp3) is 0.545. The number of nitrogens with one attached hydrogen (secondary N) is 3. The van der Waals surface area contributed by atoms with E-state index in [0.29, 0.717) is 11.2 Å². The minimum Gasteiger partial charge on any atom is -0.328 e. The van der Waals surface area contributed by atoms with E-state index in [-0.39, 0.29) is 0 Å². The summed E-state index contributed by atoms with van der Waals surface area (Å²) in [7, 11) is 3.27. The van der Waals surface area contributed by atoms with E-state index in [0.717, 1.165) is 26.2 Å². The van der Waals surface area contributed by atoms with E-state index in [1.807, 2.05) is 0 Å². The van der Waals surface area contributed by atoms with Crippen LogP contribution in [0.5, 0.6) is 0 Å². The number of hydrogen-bond acceptors (Lipinski definition) is 5. The van der Waals surface area contributed by atoms with Gasteiger partial charge in [0.25, 0.3) is 5.56 Å². The van der Waals surface area contributed by atoms with Crippen LogP contribution in [0.2, 0.25) is 0 Å². The molecule has 8 heteroatoms. The summed E-state index contributed by atoms with van der Waals surface area (Å²) in [6.45, 7) is 4.56. The van der Waals surface area contributed by atoms with Gasteiger partial charge in [-0.15, -0.1) is 0 Å². The van der Waals surface area contributed by atoms with Gasteiger partial charge in [0.15, 0.2) is 11.2 Å². The number of hydrogen-bond donors (Lipinski definition) is 3. The van der Waals surface area contributed by atoms with Crippen molar-refractivity contribution >= 4 is 11.2 Å². The number of imidazole rings is 1. The summed E-state index contributed by atoms with van der Waals surface area (Å²) in [5.41, 5.74) is -0.0485. The second kappa shape index (κ2) is 5.81. The topological polar surface area (TPSA) is 96.7 Å². The number of aromatic nitrogens is 4. The predicted octanol–water partition coefficient (Wildman–Crippen LogP) is -1.86. The normalized spacial score (nSPS) is 15.1. The Morgan fingerprint density at radius 3 is 2.21 bits per heavy atom. The molecule has 8 nitrogen and oxygen atoms in total. The van der Waals surface area contributed by atoms with Crippen LogP contribution in [0.15, 0.2) is 15.9 Å². The monoisotopic (exact) mass is 266 g/mol. The van der Waals surface area contributed by atoms with Gasteiger partial charge in [0.05, 0.1) is 6.33 Å². The minimum atomic E-state index is -0.448. The molecule has 0 bridgehead atoms. The van der Waals surface area contributed by atoms with Crippen LogP contribution in [0.3, 0.4) is 0 Å². The highest BCUT2D eigenvalue weighted by atomic mass is 16.2. The molecule has 104 valence electrons. The van der Waals surface area contributed by atoms with Crippen LogP contribution in [0.4, 0.5) is 0 Å². The first-order chi connectivity index (χ1) is 9.11. The SMILES string of the molecule is C1CNCCN1.Cn1cnc2c1c(=O)[nH]c(=O)n2C. The molecule has 0 atom stereocenters. The molecule has 0 aromatic carbocycles. The van der Waals surface area contributed by atoms with Crippen molar-refractivity contribution in [2.45, 2.75) is 0 Å². The molecule has 0 aliphatic carbocycles. The van der Waals surface area contributed by atoms with E-state index >= 15 is 0 Å². The average molecular weight is 266 g/mol. The van der Waals surface area contributed by atoms with Crippen LogP contribution < -0.4 is 21.9 Å². The van der Waals surface area contributed by atoms with Gasteiger partial charge < -0.3 is 15.2 Å². The Kier molecular flexibility index (Phi) is 4.13. The quantitative estimate of drug-likeness (QED) is 0.519. The van der Waals surface area contributed by atoms with E-state index in [4.69, 9.17) is 0 Å². The van der Waals surface area contributed by atoms with Gasteiger partial charge in [0.2, 0.25) is 0 Å². The number of fused-ring (bicyclic) bond motifs is 1. The van der Waals surface area contributed by atoms with Crippen molar-refractivity contribution in [2.75, 3.05) is 26.2 Å². The van der Waals surface area contributed by atoms with E-state index in [1.165, 1.54) is 10.9 Å². The van der Waals surface area contributed by atoms with Gasteiger partial charge in [-0.2, -0.15) is 0 Å². The maximum atomic E-state index is 11.3. The van der Waals surface area contributed by atoms with Gasteiger partial charge in [0, 0.05) is 40.3 Å². The minimum absolute atomic E-state index is 0.399. The lowest BCUT2D eigenvalue weighted by atomic mass is 10.4. The fourth-order valence-electron chi connectivity index (χ4n) is 1.86. The summed E-state index contributed by atoms with van der Waals surface area (Å²) in [4.78, 5) is 28.6. The Balaban J connectivity index is 0.000000186. The lowest BCUT2D eigenvalue weighted by Gasteiger charge is -2.11. The van der Waals surface area contributed by atoms with Crippen molar-refractivity contribution in [3.63, 3.8) is 0 Å². The lowest BCUT2D eigenvalue weighted by Crippen LogP contribution is -2.39. The molecule has 3 heterocycles. The third kappa shape index (κ3) is 2.91. The van der Waals surface area contributed by atoms with Crippen molar-refractivity contribution in [2.24, 2.45) is 14.1 Å². The van der Waals surface area contributed by atoms with Gasteiger partial charge in [-0.3, -0.25) is 14.3 Å². The van der Waals surface area contributed by atoms with Crippen molar-refractivity contribution in [3.05, 3.63) is 27.2 Å². The molecule has 0 unspecified atom stereocenters. The predicted molar refractivity (Wildman–Crippen MR) is 72.3 cm³/mol. The first kappa shape index (κ1) is 13.5.